The van der Waals surface area contributed by atoms with Gasteiger partial charge in [-0.15, -0.1) is 0 Å². The highest BCUT2D eigenvalue weighted by atomic mass is 32.2. The average molecular weight is 316 g/mol. The van der Waals surface area contributed by atoms with E-state index in [2.05, 4.69) is 5.32 Å². The van der Waals surface area contributed by atoms with E-state index in [9.17, 15) is 12.8 Å². The van der Waals surface area contributed by atoms with Gasteiger partial charge >= 0.3 is 0 Å². The molecule has 1 aliphatic heterocycles. The predicted molar refractivity (Wildman–Crippen MR) is 79.2 cm³/mol. The Morgan fingerprint density at radius 1 is 1.19 bits per heavy atom. The van der Waals surface area contributed by atoms with Crippen LogP contribution in [0.5, 0.6) is 0 Å². The minimum Gasteiger partial charge on any atom is -0.379 e. The van der Waals surface area contributed by atoms with Crippen LogP contribution < -0.4 is 5.32 Å². The molecule has 1 aromatic carbocycles. The average Bonchev–Trinajstić information content (AvgIpc) is 2.49. The van der Waals surface area contributed by atoms with Crippen molar-refractivity contribution in [3.63, 3.8) is 0 Å². The molecule has 0 unspecified atom stereocenters. The molecule has 0 radical (unpaired) electrons. The van der Waals surface area contributed by atoms with Crippen molar-refractivity contribution >= 4 is 10.0 Å². The molecule has 0 saturated carbocycles. The third-order valence-corrected chi connectivity index (χ3v) is 5.30. The second-order valence-electron chi connectivity index (χ2n) is 4.92. The largest absolute Gasteiger partial charge is 0.379 e. The van der Waals surface area contributed by atoms with Crippen molar-refractivity contribution in [2.45, 2.75) is 6.42 Å². The molecule has 0 amide bonds. The van der Waals surface area contributed by atoms with Crippen LogP contribution in [0, 0.1) is 5.82 Å². The van der Waals surface area contributed by atoms with Gasteiger partial charge in [-0.2, -0.15) is 4.31 Å². The molecule has 7 heteroatoms. The Hall–Kier alpha value is -1.02. The van der Waals surface area contributed by atoms with Gasteiger partial charge in [0.2, 0.25) is 10.0 Å². The van der Waals surface area contributed by atoms with Gasteiger partial charge in [0.15, 0.2) is 0 Å². The molecular weight excluding hydrogens is 295 g/mol. The molecular formula is C14H21FN2O3S. The maximum absolute atomic E-state index is 13.4. The minimum absolute atomic E-state index is 0.0598. The fourth-order valence-corrected chi connectivity index (χ4v) is 3.57. The van der Waals surface area contributed by atoms with E-state index in [1.807, 2.05) is 0 Å². The maximum Gasteiger partial charge on any atom is 0.215 e. The first-order chi connectivity index (χ1) is 10.1. The van der Waals surface area contributed by atoms with Crippen LogP contribution in [0.15, 0.2) is 24.3 Å². The normalized spacial score (nSPS) is 17.0. The van der Waals surface area contributed by atoms with Crippen molar-refractivity contribution in [1.82, 2.24) is 9.62 Å². The van der Waals surface area contributed by atoms with Gasteiger partial charge in [-0.1, -0.05) is 18.2 Å². The first kappa shape index (κ1) is 16.4. The van der Waals surface area contributed by atoms with Crippen LogP contribution in [0.1, 0.15) is 5.56 Å². The van der Waals surface area contributed by atoms with Gasteiger partial charge in [0.25, 0.3) is 0 Å². The van der Waals surface area contributed by atoms with Gasteiger partial charge in [0.1, 0.15) is 5.82 Å². The fourth-order valence-electron chi connectivity index (χ4n) is 2.20. The second-order valence-corrected chi connectivity index (χ2v) is 7.01. The Kier molecular flexibility index (Phi) is 6.10. The first-order valence-electron chi connectivity index (χ1n) is 7.09. The number of benzene rings is 1. The van der Waals surface area contributed by atoms with E-state index in [0.717, 1.165) is 0 Å². The highest BCUT2D eigenvalue weighted by Crippen LogP contribution is 2.07. The molecule has 0 aliphatic carbocycles. The Balaban J connectivity index is 1.68. The van der Waals surface area contributed by atoms with Gasteiger partial charge < -0.3 is 10.1 Å². The highest BCUT2D eigenvalue weighted by molar-refractivity contribution is 7.89. The summed E-state index contributed by atoms with van der Waals surface area (Å²) in [5.41, 5.74) is 0.640. The van der Waals surface area contributed by atoms with E-state index >= 15 is 0 Å². The third kappa shape index (κ3) is 5.03. The smallest absolute Gasteiger partial charge is 0.215 e. The lowest BCUT2D eigenvalue weighted by molar-refractivity contribution is 0.0730. The monoisotopic (exact) mass is 316 g/mol. The molecule has 118 valence electrons. The number of halogens is 1. The second kappa shape index (κ2) is 7.84. The van der Waals surface area contributed by atoms with Crippen LogP contribution in [-0.4, -0.2) is 57.9 Å². The summed E-state index contributed by atoms with van der Waals surface area (Å²) in [6.45, 7) is 2.70. The van der Waals surface area contributed by atoms with Gasteiger partial charge in [-0.25, -0.2) is 12.8 Å². The molecule has 21 heavy (non-hydrogen) atoms. The molecule has 1 fully saturated rings. The van der Waals surface area contributed by atoms with Crippen molar-refractivity contribution in [2.24, 2.45) is 0 Å². The molecule has 1 saturated heterocycles. The summed E-state index contributed by atoms with van der Waals surface area (Å²) >= 11 is 0. The lowest BCUT2D eigenvalue weighted by Gasteiger charge is -2.26. The number of nitrogens with one attached hydrogen (secondary N) is 1. The Morgan fingerprint density at radius 3 is 2.62 bits per heavy atom. The van der Waals surface area contributed by atoms with Crippen molar-refractivity contribution in [3.8, 4) is 0 Å². The number of ether oxygens (including phenoxy) is 1. The summed E-state index contributed by atoms with van der Waals surface area (Å²) in [5.74, 6) is -0.162. The van der Waals surface area contributed by atoms with Gasteiger partial charge in [-0.05, 0) is 24.6 Å². The summed E-state index contributed by atoms with van der Waals surface area (Å²) in [7, 11) is -3.22. The lowest BCUT2D eigenvalue weighted by Crippen LogP contribution is -2.43. The van der Waals surface area contributed by atoms with Crippen LogP contribution in [0.2, 0.25) is 0 Å². The van der Waals surface area contributed by atoms with E-state index in [4.69, 9.17) is 4.74 Å². The zero-order chi connectivity index (χ0) is 15.1. The van der Waals surface area contributed by atoms with Crippen LogP contribution in [0.3, 0.4) is 0 Å². The van der Waals surface area contributed by atoms with E-state index in [1.54, 1.807) is 18.2 Å². The Labute approximate surface area is 125 Å². The van der Waals surface area contributed by atoms with Crippen LogP contribution in [0.25, 0.3) is 0 Å². The van der Waals surface area contributed by atoms with Crippen molar-refractivity contribution < 1.29 is 17.5 Å². The zero-order valence-electron chi connectivity index (χ0n) is 11.9. The molecule has 0 aromatic heterocycles. The van der Waals surface area contributed by atoms with Crippen molar-refractivity contribution in [2.75, 3.05) is 45.1 Å². The molecule has 1 N–H and O–H groups in total. The summed E-state index contributed by atoms with van der Waals surface area (Å²) in [5, 5.41) is 3.05. The minimum atomic E-state index is -3.22. The molecule has 5 nitrogen and oxygen atoms in total. The highest BCUT2D eigenvalue weighted by Gasteiger charge is 2.23. The number of hydrogen-bond acceptors (Lipinski definition) is 4. The van der Waals surface area contributed by atoms with Crippen LogP contribution >= 0.6 is 0 Å². The topological polar surface area (TPSA) is 58.6 Å². The summed E-state index contributed by atoms with van der Waals surface area (Å²) in [6.07, 6.45) is 0.546. The van der Waals surface area contributed by atoms with E-state index < -0.39 is 10.0 Å². The Morgan fingerprint density at radius 2 is 1.90 bits per heavy atom. The van der Waals surface area contributed by atoms with Crippen LogP contribution in [0.4, 0.5) is 4.39 Å². The molecule has 0 spiro atoms. The Bertz CT molecular complexity index is 545. The fraction of sp³-hybridized carbons (Fsp3) is 0.571. The summed E-state index contributed by atoms with van der Waals surface area (Å²) in [6, 6.07) is 6.61. The first-order valence-corrected chi connectivity index (χ1v) is 8.70. The van der Waals surface area contributed by atoms with Crippen molar-refractivity contribution in [1.29, 1.82) is 0 Å². The molecule has 1 aliphatic rings. The molecule has 1 heterocycles. The van der Waals surface area contributed by atoms with Crippen molar-refractivity contribution in [3.05, 3.63) is 35.6 Å². The lowest BCUT2D eigenvalue weighted by atomic mass is 10.1. The van der Waals surface area contributed by atoms with E-state index in [1.165, 1.54) is 10.4 Å². The summed E-state index contributed by atoms with van der Waals surface area (Å²) < 4.78 is 44.1. The number of morpholine rings is 1. The van der Waals surface area contributed by atoms with Crippen LogP contribution in [-0.2, 0) is 21.2 Å². The van der Waals surface area contributed by atoms with Gasteiger partial charge in [-0.3, -0.25) is 0 Å². The molecule has 0 bridgehead atoms. The number of hydrogen-bond donors (Lipinski definition) is 1. The number of rotatable bonds is 7. The summed E-state index contributed by atoms with van der Waals surface area (Å²) in [4.78, 5) is 0. The number of nitrogens with zero attached hydrogens (tertiary/aromatic N) is 1. The van der Waals surface area contributed by atoms with E-state index in [0.29, 0.717) is 51.4 Å². The predicted octanol–water partition coefficient (Wildman–Crippen LogP) is 0.620. The standard InChI is InChI=1S/C14H21FN2O3S/c15-14-4-2-1-3-13(14)5-6-16-7-12-21(18,19)17-8-10-20-11-9-17/h1-4,16H,5-12H2. The quantitative estimate of drug-likeness (QED) is 0.749. The molecule has 0 atom stereocenters. The zero-order valence-corrected chi connectivity index (χ0v) is 12.7. The third-order valence-electron chi connectivity index (χ3n) is 3.43. The number of sulfonamides is 1. The van der Waals surface area contributed by atoms with E-state index in [-0.39, 0.29) is 11.6 Å². The van der Waals surface area contributed by atoms with Gasteiger partial charge in [0.05, 0.1) is 19.0 Å². The molecule has 1 aromatic rings. The van der Waals surface area contributed by atoms with Gasteiger partial charge in [0, 0.05) is 19.6 Å². The maximum atomic E-state index is 13.4. The SMILES string of the molecule is O=S(=O)(CCNCCc1ccccc1F)N1CCOCC1. The molecule has 2 rings (SSSR count).